The fraction of sp³-hybridized carbons (Fsp3) is 0.667. The predicted octanol–water partition coefficient (Wildman–Crippen LogP) is 2.37. The van der Waals surface area contributed by atoms with Crippen LogP contribution in [0.25, 0.3) is 0 Å². The van der Waals surface area contributed by atoms with Gasteiger partial charge >= 0.3 is 5.97 Å². The molecule has 0 atom stereocenters. The van der Waals surface area contributed by atoms with E-state index in [9.17, 15) is 4.79 Å². The first-order chi connectivity index (χ1) is 5.31. The van der Waals surface area contributed by atoms with Gasteiger partial charge in [-0.05, 0) is 12.5 Å². The quantitative estimate of drug-likeness (QED) is 0.499. The Hall–Kier alpha value is -0.573. The smallest absolute Gasteiger partial charge is 0.302 e. The molecule has 0 saturated heterocycles. The van der Waals surface area contributed by atoms with Crippen LogP contribution in [0.5, 0.6) is 0 Å². The summed E-state index contributed by atoms with van der Waals surface area (Å²) < 4.78 is 4.86. The van der Waals surface area contributed by atoms with Crippen molar-refractivity contribution in [1.82, 2.24) is 0 Å². The Balaban J connectivity index is 3.95. The Morgan fingerprint density at radius 3 is 2.17 bits per heavy atom. The van der Waals surface area contributed by atoms with Gasteiger partial charge in [-0.25, -0.2) is 0 Å². The van der Waals surface area contributed by atoms with Gasteiger partial charge in [-0.3, -0.25) is 4.79 Å². The molecular formula is C9H18O2Si. The number of ether oxygens (including phenoxy) is 1. The maximum atomic E-state index is 10.5. The molecule has 0 aromatic carbocycles. The van der Waals surface area contributed by atoms with Crippen LogP contribution in [0.1, 0.15) is 13.8 Å². The van der Waals surface area contributed by atoms with Crippen molar-refractivity contribution in [2.45, 2.75) is 33.5 Å². The number of hydrogen-bond acceptors (Lipinski definition) is 2. The molecule has 0 heterocycles. The van der Waals surface area contributed by atoms with E-state index >= 15 is 0 Å². The second kappa shape index (κ2) is 4.45. The van der Waals surface area contributed by atoms with E-state index in [1.165, 1.54) is 6.92 Å². The molecule has 12 heavy (non-hydrogen) atoms. The van der Waals surface area contributed by atoms with Crippen molar-refractivity contribution in [3.8, 4) is 0 Å². The van der Waals surface area contributed by atoms with Gasteiger partial charge in [0.05, 0.1) is 8.07 Å². The van der Waals surface area contributed by atoms with Gasteiger partial charge < -0.3 is 4.74 Å². The van der Waals surface area contributed by atoms with Crippen molar-refractivity contribution in [2.75, 3.05) is 6.61 Å². The van der Waals surface area contributed by atoms with Crippen LogP contribution in [0.3, 0.4) is 0 Å². The van der Waals surface area contributed by atoms with Gasteiger partial charge in [0.25, 0.3) is 0 Å². The van der Waals surface area contributed by atoms with Gasteiger partial charge in [-0.15, -0.1) is 0 Å². The average Bonchev–Trinajstić information content (AvgIpc) is 1.79. The van der Waals surface area contributed by atoms with Crippen LogP contribution >= 0.6 is 0 Å². The molecule has 3 heteroatoms. The molecule has 0 radical (unpaired) electrons. The molecule has 0 unspecified atom stereocenters. The first-order valence-electron chi connectivity index (χ1n) is 4.13. The summed E-state index contributed by atoms with van der Waals surface area (Å²) in [5.41, 5.74) is 3.40. The predicted molar refractivity (Wildman–Crippen MR) is 53.7 cm³/mol. The summed E-state index contributed by atoms with van der Waals surface area (Å²) >= 11 is 0. The molecule has 0 aliphatic carbocycles. The van der Waals surface area contributed by atoms with E-state index in [0.29, 0.717) is 6.61 Å². The lowest BCUT2D eigenvalue weighted by Gasteiger charge is -2.11. The molecule has 0 fully saturated rings. The molecule has 0 amide bonds. The van der Waals surface area contributed by atoms with E-state index in [1.807, 2.05) is 6.92 Å². The number of carbonyl (C=O) groups excluding carboxylic acids is 1. The first-order valence-corrected chi connectivity index (χ1v) is 7.71. The first kappa shape index (κ1) is 11.4. The third-order valence-corrected chi connectivity index (χ3v) is 2.54. The molecule has 0 spiro atoms. The molecule has 70 valence electrons. The van der Waals surface area contributed by atoms with Crippen molar-refractivity contribution in [3.63, 3.8) is 0 Å². The van der Waals surface area contributed by atoms with Crippen molar-refractivity contribution < 1.29 is 9.53 Å². The fourth-order valence-electron chi connectivity index (χ4n) is 0.996. The summed E-state index contributed by atoms with van der Waals surface area (Å²) in [6.07, 6.45) is 0. The number of hydrogen-bond donors (Lipinski definition) is 0. The largest absolute Gasteiger partial charge is 0.461 e. The Kier molecular flexibility index (Phi) is 4.24. The van der Waals surface area contributed by atoms with E-state index < -0.39 is 8.07 Å². The summed E-state index contributed by atoms with van der Waals surface area (Å²) in [4.78, 5) is 10.5. The highest BCUT2D eigenvalue weighted by Crippen LogP contribution is 2.06. The van der Waals surface area contributed by atoms with Crippen LogP contribution in [0, 0.1) is 0 Å². The van der Waals surface area contributed by atoms with Gasteiger partial charge in [0.2, 0.25) is 0 Å². The molecule has 0 N–H and O–H groups in total. The molecule has 0 bridgehead atoms. The molecule has 0 aromatic rings. The SMILES string of the molecule is CC(=O)OCC(C)=C[Si](C)(C)C. The zero-order chi connectivity index (χ0) is 9.78. The van der Waals surface area contributed by atoms with E-state index in [2.05, 4.69) is 25.3 Å². The van der Waals surface area contributed by atoms with Crippen LogP contribution in [0.2, 0.25) is 19.6 Å². The third kappa shape index (κ3) is 7.53. The number of carbonyl (C=O) groups is 1. The van der Waals surface area contributed by atoms with Crippen molar-refractivity contribution >= 4 is 14.0 Å². The van der Waals surface area contributed by atoms with Crippen LogP contribution in [0.15, 0.2) is 11.3 Å². The normalized spacial score (nSPS) is 12.9. The summed E-state index contributed by atoms with van der Waals surface area (Å²) in [6, 6.07) is 0. The second-order valence-corrected chi connectivity index (χ2v) is 9.16. The Bertz CT molecular complexity index is 189. The Labute approximate surface area is 75.6 Å². The van der Waals surface area contributed by atoms with Gasteiger partial charge in [0, 0.05) is 6.92 Å². The topological polar surface area (TPSA) is 26.3 Å². The van der Waals surface area contributed by atoms with Crippen molar-refractivity contribution in [3.05, 3.63) is 11.3 Å². The standard InChI is InChI=1S/C9H18O2Si/c1-8(6-11-9(2)10)7-12(3,4)5/h7H,6H2,1-5H3. The average molecular weight is 186 g/mol. The maximum Gasteiger partial charge on any atom is 0.302 e. The molecule has 0 aromatic heterocycles. The summed E-state index contributed by atoms with van der Waals surface area (Å²) in [6.45, 7) is 10.6. The van der Waals surface area contributed by atoms with Gasteiger partial charge in [-0.2, -0.15) is 0 Å². The van der Waals surface area contributed by atoms with E-state index in [-0.39, 0.29) is 5.97 Å². The second-order valence-electron chi connectivity index (χ2n) is 4.14. The van der Waals surface area contributed by atoms with Crippen molar-refractivity contribution in [1.29, 1.82) is 0 Å². The maximum absolute atomic E-state index is 10.5. The Morgan fingerprint density at radius 2 is 1.83 bits per heavy atom. The van der Waals surface area contributed by atoms with Crippen LogP contribution in [-0.2, 0) is 9.53 Å². The zero-order valence-electron chi connectivity index (χ0n) is 8.60. The monoisotopic (exact) mass is 186 g/mol. The zero-order valence-corrected chi connectivity index (χ0v) is 9.60. The number of esters is 1. The van der Waals surface area contributed by atoms with Gasteiger partial charge in [-0.1, -0.05) is 25.3 Å². The molecule has 2 nitrogen and oxygen atoms in total. The molecule has 0 aliphatic heterocycles. The van der Waals surface area contributed by atoms with E-state index in [4.69, 9.17) is 4.74 Å². The van der Waals surface area contributed by atoms with Crippen LogP contribution in [0.4, 0.5) is 0 Å². The number of rotatable bonds is 3. The van der Waals surface area contributed by atoms with Crippen molar-refractivity contribution in [2.24, 2.45) is 0 Å². The van der Waals surface area contributed by atoms with Gasteiger partial charge in [0.15, 0.2) is 0 Å². The molecule has 0 aliphatic rings. The minimum absolute atomic E-state index is 0.210. The Morgan fingerprint density at radius 1 is 1.33 bits per heavy atom. The molecule has 0 saturated carbocycles. The summed E-state index contributed by atoms with van der Waals surface area (Å²) in [5, 5.41) is 0. The fourth-order valence-corrected chi connectivity index (χ4v) is 2.56. The van der Waals surface area contributed by atoms with Crippen LogP contribution < -0.4 is 0 Å². The highest BCUT2D eigenvalue weighted by Gasteiger charge is 2.09. The van der Waals surface area contributed by atoms with E-state index in [0.717, 1.165) is 5.57 Å². The van der Waals surface area contributed by atoms with Gasteiger partial charge in [0.1, 0.15) is 6.61 Å². The van der Waals surface area contributed by atoms with E-state index in [1.54, 1.807) is 0 Å². The lowest BCUT2D eigenvalue weighted by molar-refractivity contribution is -0.139. The highest BCUT2D eigenvalue weighted by atomic mass is 28.3. The lowest BCUT2D eigenvalue weighted by Crippen LogP contribution is -2.17. The minimum Gasteiger partial charge on any atom is -0.461 e. The summed E-state index contributed by atoms with van der Waals surface area (Å²) in [5.74, 6) is -0.210. The lowest BCUT2D eigenvalue weighted by atomic mass is 10.4. The van der Waals surface area contributed by atoms with Crippen LogP contribution in [-0.4, -0.2) is 20.7 Å². The molecular weight excluding hydrogens is 168 g/mol. The summed E-state index contributed by atoms with van der Waals surface area (Å²) in [7, 11) is -1.15. The highest BCUT2D eigenvalue weighted by molar-refractivity contribution is 6.81. The third-order valence-electron chi connectivity index (χ3n) is 1.18. The molecule has 0 rings (SSSR count). The minimum atomic E-state index is -1.15.